The second-order valence-electron chi connectivity index (χ2n) is 8.23. The Bertz CT molecular complexity index is 670. The number of likely N-dealkylation sites (tertiary alicyclic amines) is 1. The van der Waals surface area contributed by atoms with Gasteiger partial charge in [0, 0.05) is 43.0 Å². The Morgan fingerprint density at radius 2 is 1.82 bits per heavy atom. The summed E-state index contributed by atoms with van der Waals surface area (Å²) in [6.45, 7) is 6.51. The van der Waals surface area contributed by atoms with E-state index in [2.05, 4.69) is 29.4 Å². The molecule has 3 amide bonds. The highest BCUT2D eigenvalue weighted by molar-refractivity contribution is 5.95. The Balaban J connectivity index is 1.51. The summed E-state index contributed by atoms with van der Waals surface area (Å²) in [5, 5.41) is 6.05. The highest BCUT2D eigenvalue weighted by Gasteiger charge is 2.29. The van der Waals surface area contributed by atoms with Gasteiger partial charge < -0.3 is 20.4 Å². The topological polar surface area (TPSA) is 64.7 Å². The quantitative estimate of drug-likeness (QED) is 0.811. The third-order valence-electron chi connectivity index (χ3n) is 6.35. The molecule has 6 heteroatoms. The maximum absolute atomic E-state index is 12.6. The largest absolute Gasteiger partial charge is 0.349 e. The van der Waals surface area contributed by atoms with Crippen molar-refractivity contribution in [2.24, 2.45) is 0 Å². The van der Waals surface area contributed by atoms with Crippen LogP contribution in [0.25, 0.3) is 0 Å². The van der Waals surface area contributed by atoms with Gasteiger partial charge in [0.2, 0.25) is 0 Å². The molecule has 2 aliphatic rings. The van der Waals surface area contributed by atoms with Gasteiger partial charge in [-0.05, 0) is 63.4 Å². The first-order chi connectivity index (χ1) is 13.5. The number of anilines is 1. The molecule has 2 N–H and O–H groups in total. The average molecular weight is 387 g/mol. The van der Waals surface area contributed by atoms with Gasteiger partial charge in [-0.3, -0.25) is 4.79 Å². The molecule has 1 saturated carbocycles. The number of hydrogen-bond acceptors (Lipinski definition) is 3. The number of nitrogens with one attached hydrogen (secondary N) is 2. The summed E-state index contributed by atoms with van der Waals surface area (Å²) in [5.41, 5.74) is 1.35. The van der Waals surface area contributed by atoms with Crippen LogP contribution in [0.1, 0.15) is 62.7 Å². The first kappa shape index (κ1) is 20.6. The van der Waals surface area contributed by atoms with Crippen molar-refractivity contribution in [3.63, 3.8) is 0 Å². The number of carbonyl (C=O) groups excluding carboxylic acids is 2. The molecule has 154 valence electrons. The van der Waals surface area contributed by atoms with Crippen molar-refractivity contribution in [2.75, 3.05) is 25.5 Å². The third-order valence-corrected chi connectivity index (χ3v) is 6.35. The van der Waals surface area contributed by atoms with Crippen LogP contribution in [-0.4, -0.2) is 60.0 Å². The van der Waals surface area contributed by atoms with E-state index in [4.69, 9.17) is 0 Å². The average Bonchev–Trinajstić information content (AvgIpc) is 3.20. The Morgan fingerprint density at radius 1 is 1.14 bits per heavy atom. The molecule has 2 unspecified atom stereocenters. The lowest BCUT2D eigenvalue weighted by Crippen LogP contribution is -2.50. The maximum atomic E-state index is 12.6. The van der Waals surface area contributed by atoms with Crippen LogP contribution in [0.5, 0.6) is 0 Å². The van der Waals surface area contributed by atoms with E-state index >= 15 is 0 Å². The monoisotopic (exact) mass is 386 g/mol. The smallest absolute Gasteiger partial charge is 0.321 e. The van der Waals surface area contributed by atoms with Gasteiger partial charge in [-0.15, -0.1) is 0 Å². The Hall–Kier alpha value is -2.08. The van der Waals surface area contributed by atoms with Crippen LogP contribution < -0.4 is 10.6 Å². The highest BCUT2D eigenvalue weighted by Crippen LogP contribution is 2.22. The molecule has 2 fully saturated rings. The summed E-state index contributed by atoms with van der Waals surface area (Å²) in [5.74, 6) is -0.0291. The lowest BCUT2D eigenvalue weighted by atomic mass is 9.97. The molecule has 1 aromatic carbocycles. The molecular weight excluding hydrogens is 352 g/mol. The highest BCUT2D eigenvalue weighted by atomic mass is 16.2. The van der Waals surface area contributed by atoms with Gasteiger partial charge in [-0.25, -0.2) is 4.79 Å². The number of carbonyl (C=O) groups is 2. The summed E-state index contributed by atoms with van der Waals surface area (Å²) in [4.78, 5) is 29.2. The van der Waals surface area contributed by atoms with Crippen LogP contribution >= 0.6 is 0 Å². The molecule has 1 aromatic rings. The van der Waals surface area contributed by atoms with Gasteiger partial charge in [0.25, 0.3) is 5.91 Å². The van der Waals surface area contributed by atoms with Crippen LogP contribution in [0, 0.1) is 0 Å². The van der Waals surface area contributed by atoms with Crippen LogP contribution in [0.2, 0.25) is 0 Å². The minimum Gasteiger partial charge on any atom is -0.349 e. The van der Waals surface area contributed by atoms with Crippen molar-refractivity contribution < 1.29 is 9.59 Å². The van der Waals surface area contributed by atoms with Gasteiger partial charge in [0.1, 0.15) is 0 Å². The second-order valence-corrected chi connectivity index (χ2v) is 8.23. The van der Waals surface area contributed by atoms with E-state index in [1.165, 1.54) is 12.8 Å². The molecule has 1 saturated heterocycles. The minimum absolute atomic E-state index is 0.0291. The first-order valence-corrected chi connectivity index (χ1v) is 10.7. The van der Waals surface area contributed by atoms with E-state index < -0.39 is 0 Å². The van der Waals surface area contributed by atoms with E-state index in [1.54, 1.807) is 24.3 Å². The normalized spacial score (nSPS) is 23.4. The van der Waals surface area contributed by atoms with Crippen molar-refractivity contribution >= 4 is 17.6 Å². The van der Waals surface area contributed by atoms with E-state index in [0.717, 1.165) is 38.8 Å². The standard InChI is InChI=1S/C22H34N4O2/c1-4-26-14-13-20(15-16(26)2)25(3)22(28)24-19-11-9-17(10-12-19)21(27)23-18-7-5-6-8-18/h9-12,16,18,20H,4-8,13-15H2,1-3H3,(H,23,27)(H,24,28). The fraction of sp³-hybridized carbons (Fsp3) is 0.636. The van der Waals surface area contributed by atoms with E-state index in [-0.39, 0.29) is 18.0 Å². The lowest BCUT2D eigenvalue weighted by Gasteiger charge is -2.40. The summed E-state index contributed by atoms with van der Waals surface area (Å²) in [6.07, 6.45) is 6.53. The Morgan fingerprint density at radius 3 is 2.43 bits per heavy atom. The zero-order chi connectivity index (χ0) is 20.1. The summed E-state index contributed by atoms with van der Waals surface area (Å²) < 4.78 is 0. The van der Waals surface area contributed by atoms with Crippen LogP contribution in [0.4, 0.5) is 10.5 Å². The zero-order valence-electron chi connectivity index (χ0n) is 17.4. The molecule has 0 spiro atoms. The van der Waals surface area contributed by atoms with Crippen molar-refractivity contribution in [3.8, 4) is 0 Å². The van der Waals surface area contributed by atoms with Gasteiger partial charge >= 0.3 is 6.03 Å². The summed E-state index contributed by atoms with van der Waals surface area (Å²) >= 11 is 0. The van der Waals surface area contributed by atoms with Crippen molar-refractivity contribution in [1.29, 1.82) is 0 Å². The molecule has 0 bridgehead atoms. The SMILES string of the molecule is CCN1CCC(N(C)C(=O)Nc2ccc(C(=O)NC3CCCC3)cc2)CC1C. The summed E-state index contributed by atoms with van der Waals surface area (Å²) in [6, 6.07) is 8.14. The molecule has 28 heavy (non-hydrogen) atoms. The van der Waals surface area contributed by atoms with Gasteiger partial charge in [0.15, 0.2) is 0 Å². The Kier molecular flexibility index (Phi) is 6.94. The molecule has 1 aliphatic heterocycles. The van der Waals surface area contributed by atoms with Crippen molar-refractivity contribution in [1.82, 2.24) is 15.1 Å². The number of nitrogens with zero attached hydrogens (tertiary/aromatic N) is 2. The molecular formula is C22H34N4O2. The molecule has 1 aliphatic carbocycles. The van der Waals surface area contributed by atoms with Gasteiger partial charge in [-0.1, -0.05) is 19.8 Å². The molecule has 3 rings (SSSR count). The van der Waals surface area contributed by atoms with Crippen molar-refractivity contribution in [2.45, 2.75) is 70.5 Å². The first-order valence-electron chi connectivity index (χ1n) is 10.7. The van der Waals surface area contributed by atoms with Gasteiger partial charge in [0.05, 0.1) is 0 Å². The number of amides is 3. The predicted octanol–water partition coefficient (Wildman–Crippen LogP) is 3.70. The number of urea groups is 1. The fourth-order valence-electron chi connectivity index (χ4n) is 4.44. The number of piperidine rings is 1. The Labute approximate surface area is 168 Å². The molecule has 0 radical (unpaired) electrons. The second kappa shape index (κ2) is 9.41. The lowest BCUT2D eigenvalue weighted by molar-refractivity contribution is 0.0937. The predicted molar refractivity (Wildman–Crippen MR) is 113 cm³/mol. The molecule has 2 atom stereocenters. The maximum Gasteiger partial charge on any atom is 0.321 e. The zero-order valence-corrected chi connectivity index (χ0v) is 17.4. The number of rotatable bonds is 5. The number of benzene rings is 1. The fourth-order valence-corrected chi connectivity index (χ4v) is 4.44. The van der Waals surface area contributed by atoms with E-state index in [1.807, 2.05) is 11.9 Å². The molecule has 6 nitrogen and oxygen atoms in total. The molecule has 0 aromatic heterocycles. The van der Waals surface area contributed by atoms with E-state index in [9.17, 15) is 9.59 Å². The van der Waals surface area contributed by atoms with E-state index in [0.29, 0.717) is 23.3 Å². The minimum atomic E-state index is -0.0923. The third kappa shape index (κ3) is 5.04. The van der Waals surface area contributed by atoms with Crippen LogP contribution in [0.3, 0.4) is 0 Å². The van der Waals surface area contributed by atoms with Gasteiger partial charge in [-0.2, -0.15) is 0 Å². The number of hydrogen-bond donors (Lipinski definition) is 2. The molecule has 1 heterocycles. The van der Waals surface area contributed by atoms with Crippen molar-refractivity contribution in [3.05, 3.63) is 29.8 Å². The van der Waals surface area contributed by atoms with Crippen LogP contribution in [-0.2, 0) is 0 Å². The summed E-state index contributed by atoms with van der Waals surface area (Å²) in [7, 11) is 1.87. The van der Waals surface area contributed by atoms with Crippen LogP contribution in [0.15, 0.2) is 24.3 Å².